The predicted octanol–water partition coefficient (Wildman–Crippen LogP) is 0.420. The fourth-order valence-electron chi connectivity index (χ4n) is 2.83. The van der Waals surface area contributed by atoms with E-state index in [0.29, 0.717) is 39.0 Å². The van der Waals surface area contributed by atoms with Gasteiger partial charge in [0.25, 0.3) is 5.91 Å². The van der Waals surface area contributed by atoms with Gasteiger partial charge in [0.1, 0.15) is 6.10 Å². The van der Waals surface area contributed by atoms with Gasteiger partial charge in [0.15, 0.2) is 6.10 Å². The van der Waals surface area contributed by atoms with Gasteiger partial charge in [-0.1, -0.05) is 0 Å². The Hall–Kier alpha value is -1.63. The Morgan fingerprint density at radius 1 is 1.24 bits per heavy atom. The maximum Gasteiger partial charge on any atom is 0.332 e. The average molecular weight is 299 g/mol. The smallest absolute Gasteiger partial charge is 0.332 e. The van der Waals surface area contributed by atoms with Gasteiger partial charge >= 0.3 is 11.9 Å². The lowest BCUT2D eigenvalue weighted by Gasteiger charge is -2.33. The highest BCUT2D eigenvalue weighted by Gasteiger charge is 2.38. The standard InChI is InChI=1S/C14H21NO6/c1-2-20-14(19)9-4-3-7-15(8-9)12(16)10-5-6-11(21-10)13(17)18/h9-11H,2-8H2,1H3,(H,17,18)/t9?,10-,11+/m0/s1. The van der Waals surface area contributed by atoms with Crippen LogP contribution in [0, 0.1) is 5.92 Å². The molecule has 2 aliphatic rings. The Kier molecular flexibility index (Phi) is 5.17. The molecule has 0 saturated carbocycles. The minimum atomic E-state index is -1.03. The molecule has 3 atom stereocenters. The van der Waals surface area contributed by atoms with Crippen LogP contribution in [0.25, 0.3) is 0 Å². The van der Waals surface area contributed by atoms with Gasteiger partial charge in [-0.3, -0.25) is 9.59 Å². The molecule has 0 spiro atoms. The Labute approximate surface area is 123 Å². The Morgan fingerprint density at radius 3 is 2.57 bits per heavy atom. The lowest BCUT2D eigenvalue weighted by atomic mass is 9.97. The molecular formula is C14H21NO6. The quantitative estimate of drug-likeness (QED) is 0.756. The molecule has 2 rings (SSSR count). The van der Waals surface area contributed by atoms with E-state index >= 15 is 0 Å². The minimum Gasteiger partial charge on any atom is -0.479 e. The number of ether oxygens (including phenoxy) is 2. The zero-order valence-corrected chi connectivity index (χ0v) is 12.1. The summed E-state index contributed by atoms with van der Waals surface area (Å²) in [5.74, 6) is -1.81. The van der Waals surface area contributed by atoms with E-state index < -0.39 is 18.2 Å². The number of esters is 1. The van der Waals surface area contributed by atoms with Crippen molar-refractivity contribution >= 4 is 17.8 Å². The highest BCUT2D eigenvalue weighted by molar-refractivity contribution is 5.83. The molecule has 2 saturated heterocycles. The average Bonchev–Trinajstić information content (AvgIpc) is 2.97. The van der Waals surface area contributed by atoms with Gasteiger partial charge in [0.05, 0.1) is 12.5 Å². The maximum atomic E-state index is 12.4. The largest absolute Gasteiger partial charge is 0.479 e. The van der Waals surface area contributed by atoms with Gasteiger partial charge in [-0.15, -0.1) is 0 Å². The van der Waals surface area contributed by atoms with Gasteiger partial charge in [-0.25, -0.2) is 4.79 Å². The molecule has 0 aromatic carbocycles. The van der Waals surface area contributed by atoms with Crippen molar-refractivity contribution in [3.63, 3.8) is 0 Å². The van der Waals surface area contributed by atoms with Crippen LogP contribution in [0.2, 0.25) is 0 Å². The number of nitrogens with zero attached hydrogens (tertiary/aromatic N) is 1. The van der Waals surface area contributed by atoms with Crippen LogP contribution in [0.1, 0.15) is 32.6 Å². The second-order valence-corrected chi connectivity index (χ2v) is 5.40. The number of carboxylic acids is 1. The first-order valence-electron chi connectivity index (χ1n) is 7.36. The molecule has 1 unspecified atom stereocenters. The molecule has 7 nitrogen and oxygen atoms in total. The molecule has 0 aliphatic carbocycles. The highest BCUT2D eigenvalue weighted by atomic mass is 16.5. The number of piperidine rings is 1. The van der Waals surface area contributed by atoms with Crippen molar-refractivity contribution in [1.29, 1.82) is 0 Å². The Morgan fingerprint density at radius 2 is 1.95 bits per heavy atom. The minimum absolute atomic E-state index is 0.215. The third kappa shape index (κ3) is 3.72. The van der Waals surface area contributed by atoms with Crippen molar-refractivity contribution in [2.75, 3.05) is 19.7 Å². The SMILES string of the molecule is CCOC(=O)C1CCCN(C(=O)[C@@H]2CC[C@H](C(=O)O)O2)C1. The summed E-state index contributed by atoms with van der Waals surface area (Å²) >= 11 is 0. The van der Waals surface area contributed by atoms with Crippen LogP contribution in [-0.2, 0) is 23.9 Å². The molecule has 118 valence electrons. The molecule has 0 radical (unpaired) electrons. The maximum absolute atomic E-state index is 12.4. The van der Waals surface area contributed by atoms with E-state index in [9.17, 15) is 14.4 Å². The van der Waals surface area contributed by atoms with Crippen molar-refractivity contribution in [3.8, 4) is 0 Å². The van der Waals surface area contributed by atoms with E-state index in [0.717, 1.165) is 6.42 Å². The number of hydrogen-bond donors (Lipinski definition) is 1. The molecule has 1 N–H and O–H groups in total. The summed E-state index contributed by atoms with van der Waals surface area (Å²) in [5, 5.41) is 8.89. The predicted molar refractivity (Wildman–Crippen MR) is 71.5 cm³/mol. The first-order valence-corrected chi connectivity index (χ1v) is 7.36. The Bertz CT molecular complexity index is 424. The zero-order chi connectivity index (χ0) is 15.4. The van der Waals surface area contributed by atoms with Crippen molar-refractivity contribution in [2.24, 2.45) is 5.92 Å². The monoisotopic (exact) mass is 299 g/mol. The van der Waals surface area contributed by atoms with E-state index in [-0.39, 0.29) is 17.8 Å². The van der Waals surface area contributed by atoms with E-state index in [1.165, 1.54) is 0 Å². The summed E-state index contributed by atoms with van der Waals surface area (Å²) < 4.78 is 10.3. The second-order valence-electron chi connectivity index (χ2n) is 5.40. The number of amides is 1. The molecule has 2 aliphatic heterocycles. The van der Waals surface area contributed by atoms with Crippen LogP contribution in [0.5, 0.6) is 0 Å². The van der Waals surface area contributed by atoms with Crippen LogP contribution in [-0.4, -0.2) is 59.8 Å². The van der Waals surface area contributed by atoms with Gasteiger partial charge in [-0.2, -0.15) is 0 Å². The van der Waals surface area contributed by atoms with Gasteiger partial charge in [0, 0.05) is 13.1 Å². The highest BCUT2D eigenvalue weighted by Crippen LogP contribution is 2.25. The summed E-state index contributed by atoms with van der Waals surface area (Å²) in [6.45, 7) is 2.99. The fraction of sp³-hybridized carbons (Fsp3) is 0.786. The fourth-order valence-corrected chi connectivity index (χ4v) is 2.83. The summed E-state index contributed by atoms with van der Waals surface area (Å²) in [6.07, 6.45) is 0.615. The number of hydrogen-bond acceptors (Lipinski definition) is 5. The third-order valence-corrected chi connectivity index (χ3v) is 3.92. The van der Waals surface area contributed by atoms with Crippen LogP contribution >= 0.6 is 0 Å². The first-order chi connectivity index (χ1) is 10.0. The summed E-state index contributed by atoms with van der Waals surface area (Å²) in [4.78, 5) is 36.6. The molecule has 2 heterocycles. The molecule has 21 heavy (non-hydrogen) atoms. The van der Waals surface area contributed by atoms with Crippen LogP contribution in [0.15, 0.2) is 0 Å². The van der Waals surface area contributed by atoms with E-state index in [4.69, 9.17) is 14.6 Å². The van der Waals surface area contributed by atoms with Crippen molar-refractivity contribution in [3.05, 3.63) is 0 Å². The number of rotatable bonds is 4. The Balaban J connectivity index is 1.90. The van der Waals surface area contributed by atoms with E-state index in [1.807, 2.05) is 0 Å². The van der Waals surface area contributed by atoms with Gasteiger partial charge in [-0.05, 0) is 32.6 Å². The van der Waals surface area contributed by atoms with Crippen LogP contribution in [0.3, 0.4) is 0 Å². The van der Waals surface area contributed by atoms with Gasteiger partial charge < -0.3 is 19.5 Å². The molecule has 1 amide bonds. The molecular weight excluding hydrogens is 278 g/mol. The van der Waals surface area contributed by atoms with Gasteiger partial charge in [0.2, 0.25) is 0 Å². The zero-order valence-electron chi connectivity index (χ0n) is 12.1. The lowest BCUT2D eigenvalue weighted by molar-refractivity contribution is -0.157. The number of carboxylic acid groups (broad SMARTS) is 1. The van der Waals surface area contributed by atoms with E-state index in [2.05, 4.69) is 0 Å². The van der Waals surface area contributed by atoms with Crippen molar-refractivity contribution < 1.29 is 29.0 Å². The summed E-state index contributed by atoms with van der Waals surface area (Å²) in [7, 11) is 0. The molecule has 7 heteroatoms. The molecule has 0 aromatic heterocycles. The number of aliphatic carboxylic acids is 1. The molecule has 0 bridgehead atoms. The molecule has 2 fully saturated rings. The normalized spacial score (nSPS) is 29.2. The molecule has 0 aromatic rings. The summed E-state index contributed by atoms with van der Waals surface area (Å²) in [6, 6.07) is 0. The van der Waals surface area contributed by atoms with Crippen molar-refractivity contribution in [1.82, 2.24) is 4.90 Å². The summed E-state index contributed by atoms with van der Waals surface area (Å²) in [5.41, 5.74) is 0. The second kappa shape index (κ2) is 6.89. The van der Waals surface area contributed by atoms with Crippen LogP contribution in [0.4, 0.5) is 0 Å². The topological polar surface area (TPSA) is 93.1 Å². The van der Waals surface area contributed by atoms with Crippen LogP contribution < -0.4 is 0 Å². The lowest BCUT2D eigenvalue weighted by Crippen LogP contribution is -2.47. The number of carbonyl (C=O) groups excluding carboxylic acids is 2. The third-order valence-electron chi connectivity index (χ3n) is 3.92. The van der Waals surface area contributed by atoms with E-state index in [1.54, 1.807) is 11.8 Å². The van der Waals surface area contributed by atoms with Crippen molar-refractivity contribution in [2.45, 2.75) is 44.8 Å². The first kappa shape index (κ1) is 15.8. The number of carbonyl (C=O) groups is 3. The number of likely N-dealkylation sites (tertiary alicyclic amines) is 1.